The fourth-order valence-electron chi connectivity index (χ4n) is 1.37. The molecule has 3 heteroatoms. The lowest BCUT2D eigenvalue weighted by molar-refractivity contribution is 0.549. The van der Waals surface area contributed by atoms with Gasteiger partial charge in [0.1, 0.15) is 0 Å². The minimum Gasteiger partial charge on any atom is -0.290 e. The Morgan fingerprint density at radius 3 is 2.92 bits per heavy atom. The van der Waals surface area contributed by atoms with Crippen LogP contribution in [0.5, 0.6) is 0 Å². The van der Waals surface area contributed by atoms with Crippen molar-refractivity contribution < 1.29 is 4.79 Å². The molecular weight excluding hydrogens is 186 g/mol. The minimum absolute atomic E-state index is 0.472. The second-order valence-corrected chi connectivity index (χ2v) is 3.12. The summed E-state index contributed by atoms with van der Waals surface area (Å²) < 4.78 is 1.55. The number of carbonyl (C=O) groups is 1. The molecule has 0 bridgehead atoms. The van der Waals surface area contributed by atoms with E-state index in [0.29, 0.717) is 5.88 Å². The second kappa shape index (κ2) is 3.23. The van der Waals surface area contributed by atoms with Crippen LogP contribution < -0.4 is 0 Å². The first kappa shape index (κ1) is 8.32. The molecule has 2 nitrogen and oxygen atoms in total. The molecule has 2 rings (SSSR count). The summed E-state index contributed by atoms with van der Waals surface area (Å²) in [7, 11) is 0. The van der Waals surface area contributed by atoms with Crippen LogP contribution in [0.15, 0.2) is 30.5 Å². The molecular formula is C10H8ClNO. The van der Waals surface area contributed by atoms with Crippen molar-refractivity contribution in [3.8, 4) is 0 Å². The van der Waals surface area contributed by atoms with Crippen LogP contribution in [-0.2, 0) is 10.7 Å². The summed E-state index contributed by atoms with van der Waals surface area (Å²) in [5, 5.41) is 1.06. The zero-order valence-electron chi connectivity index (χ0n) is 6.90. The molecule has 0 atom stereocenters. The SMILES string of the molecule is O=Cn1ccc2ccc(CCl)cc21. The number of hydrogen-bond donors (Lipinski definition) is 0. The number of hydrogen-bond acceptors (Lipinski definition) is 1. The van der Waals surface area contributed by atoms with Crippen LogP contribution >= 0.6 is 11.6 Å². The first-order valence-corrected chi connectivity index (χ1v) is 4.49. The molecule has 1 heterocycles. The van der Waals surface area contributed by atoms with Gasteiger partial charge in [0.05, 0.1) is 5.52 Å². The molecule has 0 unspecified atom stereocenters. The Labute approximate surface area is 80.7 Å². The summed E-state index contributed by atoms with van der Waals surface area (Å²) in [5.74, 6) is 0.472. The summed E-state index contributed by atoms with van der Waals surface area (Å²) in [6, 6.07) is 7.76. The van der Waals surface area contributed by atoms with Gasteiger partial charge in [-0.3, -0.25) is 9.36 Å². The van der Waals surface area contributed by atoms with Gasteiger partial charge in [-0.25, -0.2) is 0 Å². The van der Waals surface area contributed by atoms with Crippen molar-refractivity contribution in [2.75, 3.05) is 0 Å². The number of rotatable bonds is 2. The van der Waals surface area contributed by atoms with Gasteiger partial charge >= 0.3 is 0 Å². The quantitative estimate of drug-likeness (QED) is 0.530. The summed E-state index contributed by atoms with van der Waals surface area (Å²) >= 11 is 5.69. The van der Waals surface area contributed by atoms with E-state index < -0.39 is 0 Å². The number of halogens is 1. The lowest BCUT2D eigenvalue weighted by atomic mass is 10.2. The Bertz CT molecular complexity index is 447. The predicted molar refractivity (Wildman–Crippen MR) is 53.6 cm³/mol. The van der Waals surface area contributed by atoms with Crippen molar-refractivity contribution >= 4 is 28.9 Å². The van der Waals surface area contributed by atoms with E-state index in [-0.39, 0.29) is 0 Å². The summed E-state index contributed by atoms with van der Waals surface area (Å²) in [5.41, 5.74) is 1.93. The highest BCUT2D eigenvalue weighted by atomic mass is 35.5. The Morgan fingerprint density at radius 1 is 1.38 bits per heavy atom. The molecule has 0 N–H and O–H groups in total. The predicted octanol–water partition coefficient (Wildman–Crippen LogP) is 2.42. The molecule has 0 saturated heterocycles. The van der Waals surface area contributed by atoms with Gasteiger partial charge in [-0.1, -0.05) is 12.1 Å². The van der Waals surface area contributed by atoms with Crippen molar-refractivity contribution in [1.82, 2.24) is 4.57 Å². The van der Waals surface area contributed by atoms with Gasteiger partial charge in [-0.05, 0) is 17.7 Å². The van der Waals surface area contributed by atoms with Gasteiger partial charge in [0.15, 0.2) is 0 Å². The molecule has 0 aliphatic rings. The summed E-state index contributed by atoms with van der Waals surface area (Å²) in [6.07, 6.45) is 2.54. The maximum absolute atomic E-state index is 10.6. The third-order valence-electron chi connectivity index (χ3n) is 2.06. The van der Waals surface area contributed by atoms with E-state index in [2.05, 4.69) is 0 Å². The van der Waals surface area contributed by atoms with Gasteiger partial charge in [-0.2, -0.15) is 0 Å². The average Bonchev–Trinajstić information content (AvgIpc) is 2.59. The number of fused-ring (bicyclic) bond motifs is 1. The van der Waals surface area contributed by atoms with Crippen molar-refractivity contribution in [1.29, 1.82) is 0 Å². The summed E-state index contributed by atoms with van der Waals surface area (Å²) in [6.45, 7) is 0. The lowest BCUT2D eigenvalue weighted by Crippen LogP contribution is -1.91. The molecule has 0 saturated carbocycles. The molecule has 0 aliphatic carbocycles. The molecule has 0 radical (unpaired) electrons. The molecule has 0 spiro atoms. The van der Waals surface area contributed by atoms with Gasteiger partial charge in [0, 0.05) is 17.5 Å². The topological polar surface area (TPSA) is 22.0 Å². The Kier molecular flexibility index (Phi) is 2.07. The molecule has 1 aromatic heterocycles. The smallest absolute Gasteiger partial charge is 0.218 e. The van der Waals surface area contributed by atoms with Crippen LogP contribution in [0, 0.1) is 0 Å². The molecule has 2 aromatic rings. The zero-order chi connectivity index (χ0) is 9.26. The van der Waals surface area contributed by atoms with Crippen molar-refractivity contribution in [2.45, 2.75) is 5.88 Å². The monoisotopic (exact) mass is 193 g/mol. The van der Waals surface area contributed by atoms with Gasteiger partial charge in [0.25, 0.3) is 0 Å². The molecule has 0 fully saturated rings. The first-order valence-electron chi connectivity index (χ1n) is 3.96. The van der Waals surface area contributed by atoms with Crippen LogP contribution in [0.25, 0.3) is 10.9 Å². The number of alkyl halides is 1. The zero-order valence-corrected chi connectivity index (χ0v) is 7.66. The Morgan fingerprint density at radius 2 is 2.23 bits per heavy atom. The highest BCUT2D eigenvalue weighted by molar-refractivity contribution is 6.17. The lowest BCUT2D eigenvalue weighted by Gasteiger charge is -1.97. The third-order valence-corrected chi connectivity index (χ3v) is 2.36. The normalized spacial score (nSPS) is 10.5. The third kappa shape index (κ3) is 1.33. The van der Waals surface area contributed by atoms with E-state index in [9.17, 15) is 4.79 Å². The van der Waals surface area contributed by atoms with Crippen molar-refractivity contribution in [3.05, 3.63) is 36.0 Å². The van der Waals surface area contributed by atoms with Gasteiger partial charge in [-0.15, -0.1) is 11.6 Å². The maximum Gasteiger partial charge on any atom is 0.218 e. The summed E-state index contributed by atoms with van der Waals surface area (Å²) in [4.78, 5) is 10.6. The van der Waals surface area contributed by atoms with E-state index in [1.165, 1.54) is 0 Å². The van der Waals surface area contributed by atoms with E-state index in [0.717, 1.165) is 22.9 Å². The molecule has 0 amide bonds. The fraction of sp³-hybridized carbons (Fsp3) is 0.100. The highest BCUT2D eigenvalue weighted by Gasteiger charge is 2.00. The van der Waals surface area contributed by atoms with Gasteiger partial charge < -0.3 is 0 Å². The number of carbonyl (C=O) groups excluding carboxylic acids is 1. The van der Waals surface area contributed by atoms with Crippen molar-refractivity contribution in [2.24, 2.45) is 0 Å². The minimum atomic E-state index is 0.472. The van der Waals surface area contributed by atoms with E-state index in [4.69, 9.17) is 11.6 Å². The Hall–Kier alpha value is -1.28. The molecule has 13 heavy (non-hydrogen) atoms. The van der Waals surface area contributed by atoms with Crippen LogP contribution in [0.1, 0.15) is 5.56 Å². The largest absolute Gasteiger partial charge is 0.290 e. The van der Waals surface area contributed by atoms with Crippen LogP contribution in [0.3, 0.4) is 0 Å². The number of nitrogens with zero attached hydrogens (tertiary/aromatic N) is 1. The molecule has 0 aliphatic heterocycles. The van der Waals surface area contributed by atoms with Crippen LogP contribution in [0.2, 0.25) is 0 Å². The Balaban J connectivity index is 2.71. The fourth-order valence-corrected chi connectivity index (χ4v) is 1.54. The first-order chi connectivity index (χ1) is 6.35. The number of benzene rings is 1. The average molecular weight is 194 g/mol. The standard InChI is InChI=1S/C10H8ClNO/c11-6-8-1-2-9-3-4-12(7-13)10(9)5-8/h1-5,7H,6H2. The van der Waals surface area contributed by atoms with Crippen molar-refractivity contribution in [3.63, 3.8) is 0 Å². The van der Waals surface area contributed by atoms with Gasteiger partial charge in [0.2, 0.25) is 6.41 Å². The van der Waals surface area contributed by atoms with E-state index in [1.54, 1.807) is 10.8 Å². The van der Waals surface area contributed by atoms with E-state index >= 15 is 0 Å². The number of aromatic nitrogens is 1. The second-order valence-electron chi connectivity index (χ2n) is 2.86. The van der Waals surface area contributed by atoms with E-state index in [1.807, 2.05) is 24.3 Å². The maximum atomic E-state index is 10.6. The molecule has 1 aromatic carbocycles. The molecule has 66 valence electrons. The van der Waals surface area contributed by atoms with Crippen LogP contribution in [-0.4, -0.2) is 11.0 Å². The van der Waals surface area contributed by atoms with Crippen LogP contribution in [0.4, 0.5) is 0 Å². The highest BCUT2D eigenvalue weighted by Crippen LogP contribution is 2.17.